The number of hydrogen-bond donors (Lipinski definition) is 1. The summed E-state index contributed by atoms with van der Waals surface area (Å²) in [5.41, 5.74) is 9.05. The van der Waals surface area contributed by atoms with E-state index < -0.39 is 0 Å². The Morgan fingerprint density at radius 3 is 2.75 bits per heavy atom. The molecule has 0 aliphatic rings. The van der Waals surface area contributed by atoms with Gasteiger partial charge in [-0.05, 0) is 48.2 Å². The van der Waals surface area contributed by atoms with Crippen LogP contribution in [0.2, 0.25) is 0 Å². The van der Waals surface area contributed by atoms with Crippen LogP contribution in [0.3, 0.4) is 0 Å². The minimum Gasteiger partial charge on any atom is -0.437 e. The number of aryl methyl sites for hydroxylation is 1. The van der Waals surface area contributed by atoms with Gasteiger partial charge in [0, 0.05) is 11.9 Å². The fourth-order valence-corrected chi connectivity index (χ4v) is 1.92. The van der Waals surface area contributed by atoms with Crippen LogP contribution in [0, 0.1) is 18.3 Å². The molecule has 4 nitrogen and oxygen atoms in total. The molecule has 102 valence electrons. The predicted octanol–water partition coefficient (Wildman–Crippen LogP) is 3.76. The molecule has 0 amide bonds. The Bertz CT molecular complexity index is 672. The van der Waals surface area contributed by atoms with Gasteiger partial charge in [0.1, 0.15) is 17.4 Å². The molecule has 2 rings (SSSR count). The van der Waals surface area contributed by atoms with E-state index in [4.69, 9.17) is 15.7 Å². The van der Waals surface area contributed by atoms with E-state index in [1.165, 1.54) is 0 Å². The second-order valence-corrected chi connectivity index (χ2v) is 4.97. The lowest BCUT2D eigenvalue weighted by Crippen LogP contribution is -2.00. The Morgan fingerprint density at radius 2 is 2.10 bits per heavy atom. The molecule has 0 saturated carbocycles. The summed E-state index contributed by atoms with van der Waals surface area (Å²) < 4.78 is 5.84. The first-order chi connectivity index (χ1) is 9.52. The minimum absolute atomic E-state index is 0.266. The summed E-state index contributed by atoms with van der Waals surface area (Å²) >= 11 is 0. The predicted molar refractivity (Wildman–Crippen MR) is 78.7 cm³/mol. The molecule has 4 heteroatoms. The number of benzene rings is 1. The molecule has 1 aromatic carbocycles. The molecule has 0 saturated heterocycles. The van der Waals surface area contributed by atoms with Crippen molar-refractivity contribution in [2.45, 2.75) is 26.7 Å². The summed E-state index contributed by atoms with van der Waals surface area (Å²) in [4.78, 5) is 4.12. The van der Waals surface area contributed by atoms with Crippen molar-refractivity contribution in [3.63, 3.8) is 0 Å². The molecular weight excluding hydrogens is 250 g/mol. The Kier molecular flexibility index (Phi) is 3.90. The molecule has 0 aliphatic heterocycles. The van der Waals surface area contributed by atoms with Gasteiger partial charge in [-0.2, -0.15) is 5.26 Å². The molecule has 0 fully saturated rings. The lowest BCUT2D eigenvalue weighted by molar-refractivity contribution is 0.452. The lowest BCUT2D eigenvalue weighted by atomic mass is 9.99. The van der Waals surface area contributed by atoms with Crippen LogP contribution in [0.25, 0.3) is 0 Å². The third-order valence-electron chi connectivity index (χ3n) is 3.12. The standard InChI is InChI=1S/C16H17N3O/c1-10(2)13-8-14(18)11(3)7-15(13)20-16-12(9-17)5-4-6-19-16/h4-8,10H,18H2,1-3H3. The highest BCUT2D eigenvalue weighted by Crippen LogP contribution is 2.34. The van der Waals surface area contributed by atoms with Crippen molar-refractivity contribution in [2.24, 2.45) is 0 Å². The van der Waals surface area contributed by atoms with Crippen molar-refractivity contribution in [3.8, 4) is 17.7 Å². The number of anilines is 1. The maximum Gasteiger partial charge on any atom is 0.237 e. The monoisotopic (exact) mass is 267 g/mol. The van der Waals surface area contributed by atoms with Crippen molar-refractivity contribution >= 4 is 5.69 Å². The van der Waals surface area contributed by atoms with Gasteiger partial charge < -0.3 is 10.5 Å². The minimum atomic E-state index is 0.266. The summed E-state index contributed by atoms with van der Waals surface area (Å²) in [7, 11) is 0. The van der Waals surface area contributed by atoms with Gasteiger partial charge in [0.2, 0.25) is 5.88 Å². The highest BCUT2D eigenvalue weighted by atomic mass is 16.5. The Balaban J connectivity index is 2.48. The topological polar surface area (TPSA) is 71.9 Å². The van der Waals surface area contributed by atoms with E-state index in [0.29, 0.717) is 17.2 Å². The number of nitrogen functional groups attached to an aromatic ring is 1. The number of pyridine rings is 1. The molecule has 0 unspecified atom stereocenters. The smallest absolute Gasteiger partial charge is 0.237 e. The Labute approximate surface area is 118 Å². The van der Waals surface area contributed by atoms with Crippen LogP contribution in [0.1, 0.15) is 36.5 Å². The van der Waals surface area contributed by atoms with Gasteiger partial charge in [-0.1, -0.05) is 13.8 Å². The van der Waals surface area contributed by atoms with Crippen molar-refractivity contribution < 1.29 is 4.74 Å². The number of rotatable bonds is 3. The molecular formula is C16H17N3O. The van der Waals surface area contributed by atoms with E-state index in [1.807, 2.05) is 19.1 Å². The van der Waals surface area contributed by atoms with Gasteiger partial charge in [-0.15, -0.1) is 0 Å². The van der Waals surface area contributed by atoms with Gasteiger partial charge in [0.25, 0.3) is 0 Å². The van der Waals surface area contributed by atoms with E-state index in [1.54, 1.807) is 18.3 Å². The van der Waals surface area contributed by atoms with Crippen LogP contribution in [-0.4, -0.2) is 4.98 Å². The molecule has 20 heavy (non-hydrogen) atoms. The SMILES string of the molecule is Cc1cc(Oc2ncccc2C#N)c(C(C)C)cc1N. The van der Waals surface area contributed by atoms with E-state index in [0.717, 1.165) is 16.8 Å². The summed E-state index contributed by atoms with van der Waals surface area (Å²) in [6.07, 6.45) is 1.61. The summed E-state index contributed by atoms with van der Waals surface area (Å²) in [6, 6.07) is 9.28. The number of nitriles is 1. The molecule has 0 spiro atoms. The highest BCUT2D eigenvalue weighted by molar-refractivity contribution is 5.56. The highest BCUT2D eigenvalue weighted by Gasteiger charge is 2.13. The first kappa shape index (κ1) is 13.9. The van der Waals surface area contributed by atoms with Gasteiger partial charge in [-0.25, -0.2) is 4.98 Å². The fraction of sp³-hybridized carbons (Fsp3) is 0.250. The lowest BCUT2D eigenvalue weighted by Gasteiger charge is -2.16. The Hall–Kier alpha value is -2.54. The van der Waals surface area contributed by atoms with Crippen LogP contribution in [-0.2, 0) is 0 Å². The van der Waals surface area contributed by atoms with Crippen molar-refractivity contribution in [1.29, 1.82) is 5.26 Å². The molecule has 0 aliphatic carbocycles. The number of ether oxygens (including phenoxy) is 1. The first-order valence-electron chi connectivity index (χ1n) is 6.46. The average Bonchev–Trinajstić information content (AvgIpc) is 2.43. The quantitative estimate of drug-likeness (QED) is 0.859. The van der Waals surface area contributed by atoms with Crippen LogP contribution in [0.4, 0.5) is 5.69 Å². The normalized spacial score (nSPS) is 10.3. The van der Waals surface area contributed by atoms with E-state index in [-0.39, 0.29) is 5.92 Å². The third kappa shape index (κ3) is 2.72. The van der Waals surface area contributed by atoms with Crippen molar-refractivity contribution in [3.05, 3.63) is 47.2 Å². The molecule has 1 aromatic heterocycles. The third-order valence-corrected chi connectivity index (χ3v) is 3.12. The maximum absolute atomic E-state index is 9.08. The van der Waals surface area contributed by atoms with Gasteiger partial charge >= 0.3 is 0 Å². The van der Waals surface area contributed by atoms with E-state index in [2.05, 4.69) is 24.9 Å². The number of hydrogen-bond acceptors (Lipinski definition) is 4. The zero-order valence-corrected chi connectivity index (χ0v) is 11.8. The number of nitrogens with zero attached hydrogens (tertiary/aromatic N) is 2. The first-order valence-corrected chi connectivity index (χ1v) is 6.46. The van der Waals surface area contributed by atoms with Crippen LogP contribution in [0.5, 0.6) is 11.6 Å². The van der Waals surface area contributed by atoms with Crippen LogP contribution >= 0.6 is 0 Å². The van der Waals surface area contributed by atoms with Gasteiger partial charge in [0.05, 0.1) is 0 Å². The zero-order valence-electron chi connectivity index (χ0n) is 11.8. The van der Waals surface area contributed by atoms with Gasteiger partial charge in [0.15, 0.2) is 0 Å². The van der Waals surface area contributed by atoms with E-state index >= 15 is 0 Å². The largest absolute Gasteiger partial charge is 0.437 e. The molecule has 0 bridgehead atoms. The van der Waals surface area contributed by atoms with Gasteiger partial charge in [-0.3, -0.25) is 0 Å². The second-order valence-electron chi connectivity index (χ2n) is 4.97. The van der Waals surface area contributed by atoms with Crippen LogP contribution in [0.15, 0.2) is 30.5 Å². The molecule has 0 radical (unpaired) electrons. The molecule has 1 heterocycles. The number of aromatic nitrogens is 1. The second kappa shape index (κ2) is 5.62. The summed E-state index contributed by atoms with van der Waals surface area (Å²) in [5, 5.41) is 9.08. The summed E-state index contributed by atoms with van der Waals surface area (Å²) in [6.45, 7) is 6.07. The molecule has 2 aromatic rings. The van der Waals surface area contributed by atoms with Crippen LogP contribution < -0.4 is 10.5 Å². The maximum atomic E-state index is 9.08. The average molecular weight is 267 g/mol. The fourth-order valence-electron chi connectivity index (χ4n) is 1.92. The summed E-state index contributed by atoms with van der Waals surface area (Å²) in [5.74, 6) is 1.28. The van der Waals surface area contributed by atoms with Crippen molar-refractivity contribution in [2.75, 3.05) is 5.73 Å². The molecule has 0 atom stereocenters. The molecule has 2 N–H and O–H groups in total. The van der Waals surface area contributed by atoms with Crippen molar-refractivity contribution in [1.82, 2.24) is 4.98 Å². The number of nitrogens with two attached hydrogens (primary N) is 1. The Morgan fingerprint density at radius 1 is 1.35 bits per heavy atom. The van der Waals surface area contributed by atoms with E-state index in [9.17, 15) is 0 Å². The zero-order chi connectivity index (χ0) is 14.7.